The van der Waals surface area contributed by atoms with Gasteiger partial charge in [-0.25, -0.2) is 4.98 Å². The van der Waals surface area contributed by atoms with E-state index in [4.69, 9.17) is 16.9 Å². The van der Waals surface area contributed by atoms with Crippen LogP contribution in [0.5, 0.6) is 0 Å². The average molecular weight is 305 g/mol. The molecule has 3 heterocycles. The first kappa shape index (κ1) is 14.6. The molecule has 5 heteroatoms. The van der Waals surface area contributed by atoms with Crippen LogP contribution in [0.15, 0.2) is 12.3 Å². The summed E-state index contributed by atoms with van der Waals surface area (Å²) in [5, 5.41) is 9.56. The minimum atomic E-state index is 0.497. The van der Waals surface area contributed by atoms with E-state index < -0.39 is 0 Å². The molecule has 1 aromatic heterocycles. The van der Waals surface area contributed by atoms with Crippen LogP contribution in [0.3, 0.4) is 0 Å². The second kappa shape index (κ2) is 6.64. The normalized spacial score (nSPS) is 21.2. The molecule has 2 aliphatic heterocycles. The molecule has 0 amide bonds. The van der Waals surface area contributed by atoms with Gasteiger partial charge in [-0.1, -0.05) is 18.0 Å². The Hall–Kier alpha value is -1.31. The Morgan fingerprint density at radius 2 is 1.86 bits per heavy atom. The minimum Gasteiger partial charge on any atom is -0.355 e. The molecule has 0 aliphatic carbocycles. The highest BCUT2D eigenvalue weighted by molar-refractivity contribution is 6.34. The van der Waals surface area contributed by atoms with Crippen LogP contribution >= 0.6 is 11.6 Å². The number of anilines is 1. The number of piperidine rings is 2. The third kappa shape index (κ3) is 3.14. The lowest BCUT2D eigenvalue weighted by Gasteiger charge is -2.40. The highest BCUT2D eigenvalue weighted by Crippen LogP contribution is 2.30. The number of hydrogen-bond acceptors (Lipinski definition) is 4. The zero-order chi connectivity index (χ0) is 14.7. The first-order valence-electron chi connectivity index (χ1n) is 7.83. The van der Waals surface area contributed by atoms with E-state index >= 15 is 0 Å². The van der Waals surface area contributed by atoms with Crippen molar-refractivity contribution in [1.82, 2.24) is 9.88 Å². The molecule has 0 aromatic carbocycles. The number of pyridine rings is 1. The van der Waals surface area contributed by atoms with Gasteiger partial charge in [0.15, 0.2) is 0 Å². The second-order valence-corrected chi connectivity index (χ2v) is 6.30. The maximum Gasteiger partial charge on any atom is 0.148 e. The van der Waals surface area contributed by atoms with Gasteiger partial charge in [-0.2, -0.15) is 5.26 Å². The van der Waals surface area contributed by atoms with Crippen molar-refractivity contribution in [3.63, 3.8) is 0 Å². The maximum atomic E-state index is 9.07. The van der Waals surface area contributed by atoms with Gasteiger partial charge in [0, 0.05) is 25.3 Å². The van der Waals surface area contributed by atoms with Crippen LogP contribution < -0.4 is 4.90 Å². The fourth-order valence-electron chi connectivity index (χ4n) is 3.47. The summed E-state index contributed by atoms with van der Waals surface area (Å²) in [4.78, 5) is 9.26. The SMILES string of the molecule is N#Cc1ccnc(N2CCC(N3CCCCC3)CC2)c1Cl. The highest BCUT2D eigenvalue weighted by atomic mass is 35.5. The van der Waals surface area contributed by atoms with Crippen LogP contribution in [-0.4, -0.2) is 42.1 Å². The number of aromatic nitrogens is 1. The second-order valence-electron chi connectivity index (χ2n) is 5.92. The average Bonchev–Trinajstić information content (AvgIpc) is 2.56. The lowest BCUT2D eigenvalue weighted by atomic mass is 10.00. The quantitative estimate of drug-likeness (QED) is 0.842. The fraction of sp³-hybridized carbons (Fsp3) is 0.625. The molecular weight excluding hydrogens is 284 g/mol. The molecule has 0 unspecified atom stereocenters. The molecule has 0 saturated carbocycles. The summed E-state index contributed by atoms with van der Waals surface area (Å²) in [6.07, 6.45) is 8.07. The number of nitrogens with zero attached hydrogens (tertiary/aromatic N) is 4. The van der Waals surface area contributed by atoms with Crippen LogP contribution in [0.25, 0.3) is 0 Å². The zero-order valence-corrected chi connectivity index (χ0v) is 13.0. The molecule has 21 heavy (non-hydrogen) atoms. The highest BCUT2D eigenvalue weighted by Gasteiger charge is 2.27. The van der Waals surface area contributed by atoms with Gasteiger partial charge in [-0.3, -0.25) is 0 Å². The number of nitriles is 1. The van der Waals surface area contributed by atoms with Crippen molar-refractivity contribution in [3.05, 3.63) is 22.8 Å². The van der Waals surface area contributed by atoms with E-state index in [1.165, 1.54) is 32.4 Å². The van der Waals surface area contributed by atoms with Gasteiger partial charge in [0.1, 0.15) is 16.9 Å². The Balaban J connectivity index is 1.64. The van der Waals surface area contributed by atoms with Crippen molar-refractivity contribution < 1.29 is 0 Å². The lowest BCUT2D eigenvalue weighted by molar-refractivity contribution is 0.141. The maximum absolute atomic E-state index is 9.07. The zero-order valence-electron chi connectivity index (χ0n) is 12.3. The molecule has 2 fully saturated rings. The van der Waals surface area contributed by atoms with Crippen LogP contribution in [0.1, 0.15) is 37.7 Å². The van der Waals surface area contributed by atoms with Gasteiger partial charge in [0.2, 0.25) is 0 Å². The molecular formula is C16H21ClN4. The van der Waals surface area contributed by atoms with Crippen molar-refractivity contribution in [3.8, 4) is 6.07 Å². The monoisotopic (exact) mass is 304 g/mol. The third-order valence-corrected chi connectivity index (χ3v) is 5.03. The Morgan fingerprint density at radius 3 is 2.52 bits per heavy atom. The Labute approximate surface area is 131 Å². The summed E-state index contributed by atoms with van der Waals surface area (Å²) in [5.74, 6) is 0.771. The number of halogens is 1. The number of likely N-dealkylation sites (tertiary alicyclic amines) is 1. The smallest absolute Gasteiger partial charge is 0.148 e. The lowest BCUT2D eigenvalue weighted by Crippen LogP contribution is -2.47. The first-order valence-corrected chi connectivity index (χ1v) is 8.21. The third-order valence-electron chi connectivity index (χ3n) is 4.66. The van der Waals surface area contributed by atoms with E-state index in [0.29, 0.717) is 16.6 Å². The predicted octanol–water partition coefficient (Wildman–Crippen LogP) is 3.06. The topological polar surface area (TPSA) is 43.2 Å². The van der Waals surface area contributed by atoms with E-state index in [1.807, 2.05) is 0 Å². The van der Waals surface area contributed by atoms with Crippen molar-refractivity contribution in [2.75, 3.05) is 31.1 Å². The van der Waals surface area contributed by atoms with Crippen LogP contribution in [-0.2, 0) is 0 Å². The number of rotatable bonds is 2. The summed E-state index contributed by atoms with van der Waals surface area (Å²) in [7, 11) is 0. The van der Waals surface area contributed by atoms with E-state index in [2.05, 4.69) is 20.9 Å². The van der Waals surface area contributed by atoms with Crippen LogP contribution in [0, 0.1) is 11.3 Å². The molecule has 0 spiro atoms. The van der Waals surface area contributed by atoms with Gasteiger partial charge in [0.25, 0.3) is 0 Å². The van der Waals surface area contributed by atoms with Crippen LogP contribution in [0.2, 0.25) is 5.02 Å². The van der Waals surface area contributed by atoms with Crippen LogP contribution in [0.4, 0.5) is 5.82 Å². The Morgan fingerprint density at radius 1 is 1.14 bits per heavy atom. The van der Waals surface area contributed by atoms with E-state index in [0.717, 1.165) is 31.7 Å². The largest absolute Gasteiger partial charge is 0.355 e. The summed E-state index contributed by atoms with van der Waals surface area (Å²) in [5.41, 5.74) is 0.514. The molecule has 2 saturated heterocycles. The molecule has 3 rings (SSSR count). The molecule has 0 atom stereocenters. The Bertz CT molecular complexity index is 526. The molecule has 4 nitrogen and oxygen atoms in total. The minimum absolute atomic E-state index is 0.497. The predicted molar refractivity (Wildman–Crippen MR) is 84.6 cm³/mol. The molecule has 1 aromatic rings. The van der Waals surface area contributed by atoms with E-state index in [-0.39, 0.29) is 0 Å². The molecule has 0 N–H and O–H groups in total. The first-order chi connectivity index (χ1) is 10.3. The summed E-state index contributed by atoms with van der Waals surface area (Å²) in [6.45, 7) is 4.46. The van der Waals surface area contributed by atoms with E-state index in [9.17, 15) is 0 Å². The van der Waals surface area contributed by atoms with Gasteiger partial charge in [-0.15, -0.1) is 0 Å². The molecule has 2 aliphatic rings. The molecule has 112 valence electrons. The number of hydrogen-bond donors (Lipinski definition) is 0. The standard InChI is InChI=1S/C16H21ClN4/c17-15-13(12-18)4-7-19-16(15)21-10-5-14(6-11-21)20-8-2-1-3-9-20/h4,7,14H,1-3,5-6,8-11H2. The summed E-state index contributed by atoms with van der Waals surface area (Å²) >= 11 is 6.29. The van der Waals surface area contributed by atoms with Gasteiger partial charge in [-0.05, 0) is 44.8 Å². The van der Waals surface area contributed by atoms with Crippen molar-refractivity contribution in [2.24, 2.45) is 0 Å². The molecule has 0 bridgehead atoms. The summed E-state index contributed by atoms with van der Waals surface area (Å²) < 4.78 is 0. The Kier molecular flexibility index (Phi) is 4.62. The van der Waals surface area contributed by atoms with Gasteiger partial charge < -0.3 is 9.80 Å². The van der Waals surface area contributed by atoms with Crippen molar-refractivity contribution >= 4 is 17.4 Å². The van der Waals surface area contributed by atoms with Gasteiger partial charge in [0.05, 0.1) is 5.56 Å². The van der Waals surface area contributed by atoms with Gasteiger partial charge >= 0.3 is 0 Å². The van der Waals surface area contributed by atoms with E-state index in [1.54, 1.807) is 12.3 Å². The van der Waals surface area contributed by atoms with Crippen molar-refractivity contribution in [2.45, 2.75) is 38.1 Å². The van der Waals surface area contributed by atoms with Crippen molar-refractivity contribution in [1.29, 1.82) is 5.26 Å². The summed E-state index contributed by atoms with van der Waals surface area (Å²) in [6, 6.07) is 4.51. The fourth-order valence-corrected chi connectivity index (χ4v) is 3.74. The molecule has 0 radical (unpaired) electrons.